The van der Waals surface area contributed by atoms with E-state index in [-0.39, 0.29) is 17.9 Å². The highest BCUT2D eigenvalue weighted by Crippen LogP contribution is 2.25. The number of hydrogen-bond donors (Lipinski definition) is 3. The highest BCUT2D eigenvalue weighted by molar-refractivity contribution is 5.93. The Morgan fingerprint density at radius 3 is 2.94 bits per heavy atom. The Morgan fingerprint density at radius 2 is 2.17 bits per heavy atom. The average molecular weight is 245 g/mol. The standard InChI is InChI=1S/C14H19N3O/c1-9-13(8-15-17-9)14(18)16-12-6-5-10-3-2-4-11(10)7-12/h5-7,9,13,15,17H,2-4,8H2,1H3,(H,16,18). The molecule has 96 valence electrons. The number of hydrazine groups is 1. The van der Waals surface area contributed by atoms with Gasteiger partial charge in [-0.1, -0.05) is 6.07 Å². The molecule has 0 bridgehead atoms. The predicted octanol–water partition coefficient (Wildman–Crippen LogP) is 1.23. The Balaban J connectivity index is 1.71. The SMILES string of the molecule is CC1NNCC1C(=O)Nc1ccc2c(c1)CCC2. The molecule has 1 saturated heterocycles. The van der Waals surface area contributed by atoms with Crippen molar-refractivity contribution < 1.29 is 4.79 Å². The van der Waals surface area contributed by atoms with Crippen molar-refractivity contribution >= 4 is 11.6 Å². The first-order valence-corrected chi connectivity index (χ1v) is 6.65. The van der Waals surface area contributed by atoms with Crippen LogP contribution in [0.15, 0.2) is 18.2 Å². The van der Waals surface area contributed by atoms with E-state index >= 15 is 0 Å². The minimum Gasteiger partial charge on any atom is -0.326 e. The fourth-order valence-corrected chi connectivity index (χ4v) is 2.81. The first kappa shape index (κ1) is 11.7. The molecular formula is C14H19N3O. The van der Waals surface area contributed by atoms with Crippen LogP contribution in [0.3, 0.4) is 0 Å². The van der Waals surface area contributed by atoms with Crippen LogP contribution >= 0.6 is 0 Å². The average Bonchev–Trinajstić information content (AvgIpc) is 2.96. The van der Waals surface area contributed by atoms with Crippen LogP contribution in [-0.4, -0.2) is 18.5 Å². The number of aryl methyl sites for hydroxylation is 2. The molecule has 0 saturated carbocycles. The zero-order chi connectivity index (χ0) is 12.5. The number of amides is 1. The third kappa shape index (κ3) is 2.13. The molecule has 1 aliphatic heterocycles. The Kier molecular flexibility index (Phi) is 3.06. The van der Waals surface area contributed by atoms with Gasteiger partial charge in [-0.15, -0.1) is 0 Å². The largest absolute Gasteiger partial charge is 0.326 e. The first-order chi connectivity index (χ1) is 8.74. The normalized spacial score (nSPS) is 26.1. The van der Waals surface area contributed by atoms with Gasteiger partial charge in [-0.3, -0.25) is 15.6 Å². The molecular weight excluding hydrogens is 226 g/mol. The maximum Gasteiger partial charge on any atom is 0.230 e. The lowest BCUT2D eigenvalue weighted by atomic mass is 10.0. The maximum absolute atomic E-state index is 12.1. The molecule has 1 fully saturated rings. The first-order valence-electron chi connectivity index (χ1n) is 6.65. The van der Waals surface area contributed by atoms with Gasteiger partial charge in [0, 0.05) is 18.3 Å². The number of fused-ring (bicyclic) bond motifs is 1. The van der Waals surface area contributed by atoms with E-state index in [1.54, 1.807) is 0 Å². The van der Waals surface area contributed by atoms with Gasteiger partial charge in [-0.25, -0.2) is 0 Å². The van der Waals surface area contributed by atoms with E-state index in [1.807, 2.05) is 13.0 Å². The molecule has 2 aliphatic rings. The maximum atomic E-state index is 12.1. The second-order valence-electron chi connectivity index (χ2n) is 5.25. The van der Waals surface area contributed by atoms with Crippen LogP contribution in [0.5, 0.6) is 0 Å². The van der Waals surface area contributed by atoms with Gasteiger partial charge in [0.2, 0.25) is 5.91 Å². The molecule has 2 atom stereocenters. The van der Waals surface area contributed by atoms with E-state index in [0.717, 1.165) is 12.1 Å². The van der Waals surface area contributed by atoms with Gasteiger partial charge in [0.25, 0.3) is 0 Å². The molecule has 1 aromatic rings. The molecule has 0 spiro atoms. The van der Waals surface area contributed by atoms with Gasteiger partial charge in [-0.2, -0.15) is 0 Å². The van der Waals surface area contributed by atoms with Crippen molar-refractivity contribution in [3.05, 3.63) is 29.3 Å². The fourth-order valence-electron chi connectivity index (χ4n) is 2.81. The van der Waals surface area contributed by atoms with E-state index in [4.69, 9.17) is 0 Å². The summed E-state index contributed by atoms with van der Waals surface area (Å²) in [6, 6.07) is 6.47. The van der Waals surface area contributed by atoms with Crippen molar-refractivity contribution in [2.24, 2.45) is 5.92 Å². The number of carbonyl (C=O) groups excluding carboxylic acids is 1. The molecule has 0 radical (unpaired) electrons. The van der Waals surface area contributed by atoms with Crippen molar-refractivity contribution in [3.63, 3.8) is 0 Å². The van der Waals surface area contributed by atoms with Crippen LogP contribution in [0.1, 0.15) is 24.5 Å². The van der Waals surface area contributed by atoms with Gasteiger partial charge in [0.1, 0.15) is 0 Å². The molecule has 1 aromatic carbocycles. The minimum atomic E-state index is -0.00162. The van der Waals surface area contributed by atoms with Crippen LogP contribution < -0.4 is 16.2 Å². The van der Waals surface area contributed by atoms with Crippen molar-refractivity contribution in [3.8, 4) is 0 Å². The Morgan fingerprint density at radius 1 is 1.33 bits per heavy atom. The smallest absolute Gasteiger partial charge is 0.230 e. The van der Waals surface area contributed by atoms with E-state index in [0.29, 0.717) is 6.54 Å². The monoisotopic (exact) mass is 245 g/mol. The van der Waals surface area contributed by atoms with Crippen LogP contribution in [-0.2, 0) is 17.6 Å². The summed E-state index contributed by atoms with van der Waals surface area (Å²) >= 11 is 0. The second-order valence-corrected chi connectivity index (χ2v) is 5.25. The summed E-state index contributed by atoms with van der Waals surface area (Å²) in [5, 5.41) is 3.03. The lowest BCUT2D eigenvalue weighted by Gasteiger charge is -2.14. The van der Waals surface area contributed by atoms with Gasteiger partial charge < -0.3 is 5.32 Å². The highest BCUT2D eigenvalue weighted by Gasteiger charge is 2.29. The fraction of sp³-hybridized carbons (Fsp3) is 0.500. The summed E-state index contributed by atoms with van der Waals surface area (Å²) in [5.74, 6) is 0.0937. The van der Waals surface area contributed by atoms with Crippen molar-refractivity contribution in [2.75, 3.05) is 11.9 Å². The molecule has 1 amide bonds. The van der Waals surface area contributed by atoms with E-state index in [2.05, 4.69) is 28.3 Å². The van der Waals surface area contributed by atoms with Gasteiger partial charge in [0.05, 0.1) is 5.92 Å². The van der Waals surface area contributed by atoms with E-state index < -0.39 is 0 Å². The molecule has 18 heavy (non-hydrogen) atoms. The molecule has 4 nitrogen and oxygen atoms in total. The summed E-state index contributed by atoms with van der Waals surface area (Å²) in [7, 11) is 0. The van der Waals surface area contributed by atoms with Crippen molar-refractivity contribution in [1.29, 1.82) is 0 Å². The van der Waals surface area contributed by atoms with Gasteiger partial charge >= 0.3 is 0 Å². The number of benzene rings is 1. The van der Waals surface area contributed by atoms with Gasteiger partial charge in [-0.05, 0) is 49.4 Å². The molecule has 3 rings (SSSR count). The number of carbonyl (C=O) groups is 1. The van der Waals surface area contributed by atoms with E-state index in [1.165, 1.54) is 24.0 Å². The zero-order valence-corrected chi connectivity index (χ0v) is 10.6. The number of anilines is 1. The summed E-state index contributed by atoms with van der Waals surface area (Å²) in [6.45, 7) is 2.71. The second kappa shape index (κ2) is 4.71. The molecule has 4 heteroatoms. The summed E-state index contributed by atoms with van der Waals surface area (Å²) in [6.07, 6.45) is 3.55. The molecule has 1 aliphatic carbocycles. The molecule has 1 heterocycles. The third-order valence-electron chi connectivity index (χ3n) is 3.96. The highest BCUT2D eigenvalue weighted by atomic mass is 16.2. The Hall–Kier alpha value is -1.39. The number of hydrogen-bond acceptors (Lipinski definition) is 3. The van der Waals surface area contributed by atoms with E-state index in [9.17, 15) is 4.79 Å². The molecule has 2 unspecified atom stereocenters. The Bertz CT molecular complexity index is 472. The summed E-state index contributed by atoms with van der Waals surface area (Å²) in [4.78, 5) is 12.1. The van der Waals surface area contributed by atoms with Gasteiger partial charge in [0.15, 0.2) is 0 Å². The zero-order valence-electron chi connectivity index (χ0n) is 10.6. The van der Waals surface area contributed by atoms with Crippen molar-refractivity contribution in [2.45, 2.75) is 32.2 Å². The predicted molar refractivity (Wildman–Crippen MR) is 71.2 cm³/mol. The summed E-state index contributed by atoms with van der Waals surface area (Å²) < 4.78 is 0. The quantitative estimate of drug-likeness (QED) is 0.734. The van der Waals surface area contributed by atoms with Crippen LogP contribution in [0.4, 0.5) is 5.69 Å². The van der Waals surface area contributed by atoms with Crippen LogP contribution in [0.2, 0.25) is 0 Å². The van der Waals surface area contributed by atoms with Crippen molar-refractivity contribution in [1.82, 2.24) is 10.9 Å². The lowest BCUT2D eigenvalue weighted by Crippen LogP contribution is -2.33. The third-order valence-corrected chi connectivity index (χ3v) is 3.96. The molecule has 0 aromatic heterocycles. The molecule has 3 N–H and O–H groups in total. The number of nitrogens with one attached hydrogen (secondary N) is 3. The number of rotatable bonds is 2. The van der Waals surface area contributed by atoms with Crippen LogP contribution in [0, 0.1) is 5.92 Å². The minimum absolute atomic E-state index is 0.00162. The van der Waals surface area contributed by atoms with Crippen LogP contribution in [0.25, 0.3) is 0 Å². The Labute approximate surface area is 107 Å². The summed E-state index contributed by atoms with van der Waals surface area (Å²) in [5.41, 5.74) is 9.84. The topological polar surface area (TPSA) is 53.2 Å². The lowest BCUT2D eigenvalue weighted by molar-refractivity contribution is -0.119.